The number of hydrogen-bond acceptors (Lipinski definition) is 4. The molecule has 0 aliphatic heterocycles. The van der Waals surface area contributed by atoms with Crippen molar-refractivity contribution in [3.63, 3.8) is 0 Å². The van der Waals surface area contributed by atoms with E-state index in [1.807, 2.05) is 50.2 Å². The zero-order chi connectivity index (χ0) is 18.9. The van der Waals surface area contributed by atoms with E-state index >= 15 is 0 Å². The Morgan fingerprint density at radius 3 is 2.35 bits per heavy atom. The largest absolute Gasteiger partial charge is 0.455 e. The molecule has 2 atom stereocenters. The Balaban J connectivity index is 1.96. The molecule has 0 spiro atoms. The van der Waals surface area contributed by atoms with Gasteiger partial charge in [0.25, 0.3) is 5.91 Å². The van der Waals surface area contributed by atoms with Crippen molar-refractivity contribution in [3.05, 3.63) is 65.7 Å². The highest BCUT2D eigenvalue weighted by Crippen LogP contribution is 2.28. The summed E-state index contributed by atoms with van der Waals surface area (Å²) >= 11 is 0. The predicted molar refractivity (Wildman–Crippen MR) is 99.4 cm³/mol. The second-order valence-electron chi connectivity index (χ2n) is 6.12. The maximum atomic E-state index is 12.5. The first-order valence-corrected chi connectivity index (χ1v) is 8.56. The van der Waals surface area contributed by atoms with E-state index in [0.717, 1.165) is 12.0 Å². The summed E-state index contributed by atoms with van der Waals surface area (Å²) in [5.41, 5.74) is 1.94. The molecule has 2 rings (SSSR count). The fraction of sp³-hybridized carbons (Fsp3) is 0.286. The van der Waals surface area contributed by atoms with E-state index in [9.17, 15) is 9.59 Å². The molecule has 134 valence electrons. The number of esters is 1. The molecule has 0 radical (unpaired) electrons. The molecule has 0 saturated carbocycles. The molecule has 0 unspecified atom stereocenters. The lowest BCUT2D eigenvalue weighted by molar-refractivity contribution is -0.150. The van der Waals surface area contributed by atoms with Crippen molar-refractivity contribution >= 4 is 17.6 Å². The lowest BCUT2D eigenvalue weighted by Gasteiger charge is -2.21. The molecule has 0 aromatic heterocycles. The molecule has 0 heterocycles. The molecule has 0 bridgehead atoms. The van der Waals surface area contributed by atoms with Gasteiger partial charge in [-0.1, -0.05) is 50.6 Å². The molecule has 1 N–H and O–H groups in total. The fourth-order valence-electron chi connectivity index (χ4n) is 2.64. The summed E-state index contributed by atoms with van der Waals surface area (Å²) in [6.45, 7) is 3.67. The number of ether oxygens (including phenoxy) is 1. The highest BCUT2D eigenvalue weighted by molar-refractivity contribution is 5.93. The number of nitrogens with one attached hydrogen (secondary N) is 1. The van der Waals surface area contributed by atoms with Crippen LogP contribution in [0.1, 0.15) is 37.3 Å². The van der Waals surface area contributed by atoms with Crippen LogP contribution in [0.25, 0.3) is 0 Å². The predicted octanol–water partition coefficient (Wildman–Crippen LogP) is 3.87. The van der Waals surface area contributed by atoms with Crippen LogP contribution in [0, 0.1) is 17.2 Å². The van der Waals surface area contributed by atoms with Crippen molar-refractivity contribution in [1.82, 2.24) is 0 Å². The maximum absolute atomic E-state index is 12.5. The maximum Gasteiger partial charge on any atom is 0.314 e. The van der Waals surface area contributed by atoms with Crippen LogP contribution in [0.5, 0.6) is 0 Å². The zero-order valence-electron chi connectivity index (χ0n) is 14.9. The number of hydrogen-bond donors (Lipinski definition) is 1. The zero-order valence-corrected chi connectivity index (χ0v) is 14.9. The molecule has 0 saturated heterocycles. The summed E-state index contributed by atoms with van der Waals surface area (Å²) in [5.74, 6) is -1.12. The fourth-order valence-corrected chi connectivity index (χ4v) is 2.64. The van der Waals surface area contributed by atoms with Crippen molar-refractivity contribution in [3.8, 4) is 6.07 Å². The lowest BCUT2D eigenvalue weighted by atomic mass is 9.86. The average Bonchev–Trinajstić information content (AvgIpc) is 2.68. The van der Waals surface area contributed by atoms with Crippen molar-refractivity contribution in [2.45, 2.75) is 26.2 Å². The van der Waals surface area contributed by atoms with Crippen molar-refractivity contribution in [1.29, 1.82) is 5.26 Å². The average molecular weight is 350 g/mol. The van der Waals surface area contributed by atoms with Crippen LogP contribution in [0.15, 0.2) is 54.6 Å². The molecule has 5 heteroatoms. The van der Waals surface area contributed by atoms with Gasteiger partial charge in [-0.2, -0.15) is 5.26 Å². The Morgan fingerprint density at radius 1 is 1.12 bits per heavy atom. The third-order valence-corrected chi connectivity index (χ3v) is 4.27. The van der Waals surface area contributed by atoms with Gasteiger partial charge in [-0.05, 0) is 35.7 Å². The summed E-state index contributed by atoms with van der Waals surface area (Å²) in [6.07, 6.45) is 0.825. The van der Waals surface area contributed by atoms with Crippen molar-refractivity contribution < 1.29 is 14.3 Å². The summed E-state index contributed by atoms with van der Waals surface area (Å²) in [5, 5.41) is 11.4. The first-order valence-electron chi connectivity index (χ1n) is 8.56. The van der Waals surface area contributed by atoms with E-state index in [4.69, 9.17) is 10.00 Å². The Labute approximate surface area is 153 Å². The standard InChI is InChI=1S/C21H22N2O3/c1-3-15(2)20(17-7-5-4-6-8-17)21(25)26-14-19(24)23-18-11-9-16(13-22)10-12-18/h4-12,15,20H,3,14H2,1-2H3,(H,23,24)/t15-,20+/m0/s1. The Hall–Kier alpha value is -3.13. The molecule has 0 fully saturated rings. The number of rotatable bonds is 7. The van der Waals surface area contributed by atoms with Gasteiger partial charge in [0.05, 0.1) is 17.6 Å². The van der Waals surface area contributed by atoms with Crippen molar-refractivity contribution in [2.24, 2.45) is 5.92 Å². The summed E-state index contributed by atoms with van der Waals surface area (Å²) in [6, 6.07) is 17.9. The van der Waals surface area contributed by atoms with Gasteiger partial charge in [0, 0.05) is 5.69 Å². The third-order valence-electron chi connectivity index (χ3n) is 4.27. The first-order chi connectivity index (χ1) is 12.5. The van der Waals surface area contributed by atoms with Gasteiger partial charge in [-0.3, -0.25) is 9.59 Å². The minimum Gasteiger partial charge on any atom is -0.455 e. The SMILES string of the molecule is CC[C@H](C)[C@@H](C(=O)OCC(=O)Nc1ccc(C#N)cc1)c1ccccc1. The molecule has 1 amide bonds. The number of benzene rings is 2. The minimum absolute atomic E-state index is 0.103. The quantitative estimate of drug-likeness (QED) is 0.769. The molecule has 2 aromatic rings. The molecule has 2 aromatic carbocycles. The van der Waals surface area contributed by atoms with Gasteiger partial charge in [-0.25, -0.2) is 0 Å². The number of carbonyl (C=O) groups is 2. The van der Waals surface area contributed by atoms with Gasteiger partial charge >= 0.3 is 5.97 Å². The normalized spacial score (nSPS) is 12.5. The van der Waals surface area contributed by atoms with Gasteiger partial charge in [-0.15, -0.1) is 0 Å². The van der Waals surface area contributed by atoms with Gasteiger partial charge < -0.3 is 10.1 Å². The van der Waals surface area contributed by atoms with Crippen LogP contribution in [0.2, 0.25) is 0 Å². The molecular weight excluding hydrogens is 328 g/mol. The van der Waals surface area contributed by atoms with E-state index in [2.05, 4.69) is 5.32 Å². The molecule has 26 heavy (non-hydrogen) atoms. The molecule has 5 nitrogen and oxygen atoms in total. The third kappa shape index (κ3) is 5.18. The van der Waals surface area contributed by atoms with Crippen LogP contribution >= 0.6 is 0 Å². The lowest BCUT2D eigenvalue weighted by Crippen LogP contribution is -2.26. The van der Waals surface area contributed by atoms with Crippen LogP contribution in [0.4, 0.5) is 5.69 Å². The van der Waals surface area contributed by atoms with E-state index < -0.39 is 17.8 Å². The Bertz CT molecular complexity index is 779. The van der Waals surface area contributed by atoms with Crippen LogP contribution in [0.3, 0.4) is 0 Å². The van der Waals surface area contributed by atoms with Crippen LogP contribution < -0.4 is 5.32 Å². The Kier molecular flexibility index (Phi) is 6.92. The van der Waals surface area contributed by atoms with Crippen molar-refractivity contribution in [2.75, 3.05) is 11.9 Å². The van der Waals surface area contributed by atoms with Gasteiger partial charge in [0.15, 0.2) is 6.61 Å². The number of nitrogens with zero attached hydrogens (tertiary/aromatic N) is 1. The minimum atomic E-state index is -0.418. The smallest absolute Gasteiger partial charge is 0.314 e. The molecule has 0 aliphatic carbocycles. The van der Waals surface area contributed by atoms with E-state index in [1.54, 1.807) is 24.3 Å². The van der Waals surface area contributed by atoms with E-state index in [1.165, 1.54) is 0 Å². The monoisotopic (exact) mass is 350 g/mol. The topological polar surface area (TPSA) is 79.2 Å². The van der Waals surface area contributed by atoms with E-state index in [-0.39, 0.29) is 12.5 Å². The molecule has 0 aliphatic rings. The number of carbonyl (C=O) groups excluding carboxylic acids is 2. The van der Waals surface area contributed by atoms with E-state index in [0.29, 0.717) is 11.3 Å². The first kappa shape index (κ1) is 19.2. The second-order valence-corrected chi connectivity index (χ2v) is 6.12. The number of anilines is 1. The summed E-state index contributed by atoms with van der Waals surface area (Å²) in [4.78, 5) is 24.6. The second kappa shape index (κ2) is 9.38. The highest BCUT2D eigenvalue weighted by atomic mass is 16.5. The number of nitriles is 1. The molecular formula is C21H22N2O3. The van der Waals surface area contributed by atoms with Crippen LogP contribution in [-0.2, 0) is 14.3 Å². The number of amides is 1. The van der Waals surface area contributed by atoms with Gasteiger partial charge in [0.1, 0.15) is 0 Å². The Morgan fingerprint density at radius 2 is 1.77 bits per heavy atom. The highest BCUT2D eigenvalue weighted by Gasteiger charge is 2.27. The van der Waals surface area contributed by atoms with Crippen LogP contribution in [-0.4, -0.2) is 18.5 Å². The summed E-state index contributed by atoms with van der Waals surface area (Å²) in [7, 11) is 0. The summed E-state index contributed by atoms with van der Waals surface area (Å²) < 4.78 is 5.26. The van der Waals surface area contributed by atoms with Gasteiger partial charge in [0.2, 0.25) is 0 Å².